The summed E-state index contributed by atoms with van der Waals surface area (Å²) >= 11 is 9.93. The molecule has 2 aromatic carbocycles. The number of hydrogen-bond donors (Lipinski definition) is 1. The van der Waals surface area contributed by atoms with Crippen LogP contribution in [0.15, 0.2) is 59.2 Å². The summed E-state index contributed by atoms with van der Waals surface area (Å²) in [4.78, 5) is 19.2. The Morgan fingerprint density at radius 1 is 1.20 bits per heavy atom. The van der Waals surface area contributed by atoms with Gasteiger partial charge in [0.1, 0.15) is 5.82 Å². The van der Waals surface area contributed by atoms with Crippen molar-refractivity contribution in [3.8, 4) is 22.8 Å². The Labute approximate surface area is 215 Å². The molecule has 0 aliphatic carbocycles. The monoisotopic (exact) mass is 555 g/mol. The van der Waals surface area contributed by atoms with Crippen LogP contribution in [0.3, 0.4) is 0 Å². The van der Waals surface area contributed by atoms with E-state index in [1.165, 1.54) is 0 Å². The zero-order valence-corrected chi connectivity index (χ0v) is 21.3. The van der Waals surface area contributed by atoms with Gasteiger partial charge in [0.05, 0.1) is 22.8 Å². The normalized spacial score (nSPS) is 12.2. The number of anilines is 1. The molecule has 2 aromatic heterocycles. The SMILES string of the molecule is CN(CCCNc1cc(-c2ccccc2Cl)nc2c(Br)cnn12)C(=O)Cc1ccc2c(c1)OCO2. The third-order valence-corrected chi connectivity index (χ3v) is 6.66. The van der Waals surface area contributed by atoms with Crippen molar-refractivity contribution in [1.82, 2.24) is 19.5 Å². The quantitative estimate of drug-likeness (QED) is 0.306. The largest absolute Gasteiger partial charge is 0.454 e. The van der Waals surface area contributed by atoms with Crippen LogP contribution < -0.4 is 14.8 Å². The highest BCUT2D eigenvalue weighted by Gasteiger charge is 2.16. The summed E-state index contributed by atoms with van der Waals surface area (Å²) in [5, 5.41) is 8.48. The van der Waals surface area contributed by atoms with E-state index in [0.29, 0.717) is 41.7 Å². The van der Waals surface area contributed by atoms with Crippen LogP contribution in [0.1, 0.15) is 12.0 Å². The van der Waals surface area contributed by atoms with E-state index in [1.54, 1.807) is 15.6 Å². The zero-order chi connectivity index (χ0) is 24.4. The summed E-state index contributed by atoms with van der Waals surface area (Å²) in [6.45, 7) is 1.49. The Kier molecular flexibility index (Phi) is 6.79. The predicted octanol–water partition coefficient (Wildman–Crippen LogP) is 5.04. The number of benzene rings is 2. The number of rotatable bonds is 8. The molecule has 8 nitrogen and oxygen atoms in total. The lowest BCUT2D eigenvalue weighted by atomic mass is 10.1. The van der Waals surface area contributed by atoms with Gasteiger partial charge in [-0.05, 0) is 46.1 Å². The Hall–Kier alpha value is -3.30. The second-order valence-corrected chi connectivity index (χ2v) is 9.46. The second kappa shape index (κ2) is 10.1. The van der Waals surface area contributed by atoms with Crippen molar-refractivity contribution in [2.45, 2.75) is 12.8 Å². The molecule has 10 heteroatoms. The Bertz CT molecular complexity index is 1390. The summed E-state index contributed by atoms with van der Waals surface area (Å²) in [6, 6.07) is 15.1. The van der Waals surface area contributed by atoms with Gasteiger partial charge in [-0.25, -0.2) is 4.98 Å². The number of nitrogens with zero attached hydrogens (tertiary/aromatic N) is 4. The van der Waals surface area contributed by atoms with Crippen molar-refractivity contribution in [1.29, 1.82) is 0 Å². The van der Waals surface area contributed by atoms with Crippen LogP contribution in [0, 0.1) is 0 Å². The summed E-state index contributed by atoms with van der Waals surface area (Å²) in [6.07, 6.45) is 2.79. The lowest BCUT2D eigenvalue weighted by Gasteiger charge is -2.18. The first kappa shape index (κ1) is 23.4. The number of fused-ring (bicyclic) bond motifs is 2. The van der Waals surface area contributed by atoms with Gasteiger partial charge >= 0.3 is 0 Å². The molecule has 0 unspecified atom stereocenters. The van der Waals surface area contributed by atoms with Crippen LogP contribution in [0.5, 0.6) is 11.5 Å². The number of ether oxygens (including phenoxy) is 2. The first-order valence-corrected chi connectivity index (χ1v) is 12.3. The number of carbonyl (C=O) groups is 1. The van der Waals surface area contributed by atoms with Gasteiger partial charge in [-0.1, -0.05) is 35.9 Å². The highest BCUT2D eigenvalue weighted by molar-refractivity contribution is 9.10. The maximum absolute atomic E-state index is 12.7. The third kappa shape index (κ3) is 5.06. The number of nitrogens with one attached hydrogen (secondary N) is 1. The Balaban J connectivity index is 1.21. The van der Waals surface area contributed by atoms with E-state index in [-0.39, 0.29) is 12.7 Å². The third-order valence-electron chi connectivity index (χ3n) is 5.77. The number of amides is 1. The van der Waals surface area contributed by atoms with E-state index in [4.69, 9.17) is 26.1 Å². The van der Waals surface area contributed by atoms with Gasteiger partial charge in [0.25, 0.3) is 0 Å². The molecule has 0 spiro atoms. The summed E-state index contributed by atoms with van der Waals surface area (Å²) in [5.74, 6) is 2.25. The molecular formula is C25H23BrClN5O3. The fourth-order valence-corrected chi connectivity index (χ4v) is 4.47. The molecule has 4 aromatic rings. The molecule has 0 saturated heterocycles. The number of carbonyl (C=O) groups excluding carboxylic acids is 1. The first-order valence-electron chi connectivity index (χ1n) is 11.1. The van der Waals surface area contributed by atoms with Gasteiger partial charge in [-0.3, -0.25) is 4.79 Å². The number of likely N-dealkylation sites (N-methyl/N-ethyl adjacent to an activating group) is 1. The Morgan fingerprint density at radius 2 is 2.03 bits per heavy atom. The molecule has 0 fully saturated rings. The molecule has 5 rings (SSSR count). The van der Waals surface area contributed by atoms with E-state index in [9.17, 15) is 4.79 Å². The maximum atomic E-state index is 12.7. The van der Waals surface area contributed by atoms with Crippen LogP contribution in [-0.2, 0) is 11.2 Å². The minimum Gasteiger partial charge on any atom is -0.454 e. The van der Waals surface area contributed by atoms with Crippen molar-refractivity contribution in [2.24, 2.45) is 0 Å². The van der Waals surface area contributed by atoms with Gasteiger partial charge in [-0.2, -0.15) is 9.61 Å². The average molecular weight is 557 g/mol. The molecule has 0 saturated carbocycles. The maximum Gasteiger partial charge on any atom is 0.231 e. The summed E-state index contributed by atoms with van der Waals surface area (Å²) in [5.41, 5.74) is 3.20. The van der Waals surface area contributed by atoms with Crippen LogP contribution in [-0.4, -0.2) is 52.3 Å². The fraction of sp³-hybridized carbons (Fsp3) is 0.240. The van der Waals surface area contributed by atoms with Crippen LogP contribution in [0.2, 0.25) is 5.02 Å². The topological polar surface area (TPSA) is 81.0 Å². The molecule has 0 bridgehead atoms. The van der Waals surface area contributed by atoms with Crippen molar-refractivity contribution < 1.29 is 14.3 Å². The van der Waals surface area contributed by atoms with Crippen molar-refractivity contribution in [3.05, 3.63) is 69.8 Å². The van der Waals surface area contributed by atoms with Crippen molar-refractivity contribution in [3.63, 3.8) is 0 Å². The van der Waals surface area contributed by atoms with Crippen LogP contribution in [0.25, 0.3) is 16.9 Å². The molecule has 1 N–H and O–H groups in total. The van der Waals surface area contributed by atoms with Crippen molar-refractivity contribution >= 4 is 44.9 Å². The van der Waals surface area contributed by atoms with E-state index >= 15 is 0 Å². The van der Waals surface area contributed by atoms with Gasteiger partial charge in [0.2, 0.25) is 12.7 Å². The minimum atomic E-state index is 0.0483. The van der Waals surface area contributed by atoms with Crippen molar-refractivity contribution in [2.75, 3.05) is 32.2 Å². The molecule has 180 valence electrons. The van der Waals surface area contributed by atoms with Crippen LogP contribution in [0.4, 0.5) is 5.82 Å². The molecular weight excluding hydrogens is 534 g/mol. The molecule has 1 amide bonds. The highest BCUT2D eigenvalue weighted by atomic mass is 79.9. The lowest BCUT2D eigenvalue weighted by molar-refractivity contribution is -0.129. The fourth-order valence-electron chi connectivity index (χ4n) is 3.89. The van der Waals surface area contributed by atoms with E-state index in [1.807, 2.05) is 55.6 Å². The molecule has 0 radical (unpaired) electrons. The van der Waals surface area contributed by atoms with Gasteiger partial charge in [0, 0.05) is 36.8 Å². The van der Waals surface area contributed by atoms with Gasteiger partial charge in [0.15, 0.2) is 17.1 Å². The standard InChI is InChI=1S/C25H23BrClN5O3/c1-31(24(33)12-16-7-8-21-22(11-16)35-15-34-21)10-4-9-28-23-13-20(17-5-2-3-6-19(17)27)30-25-18(26)14-29-32(23)25/h2-3,5-8,11,13-14,28H,4,9-10,12,15H2,1H3. The molecule has 35 heavy (non-hydrogen) atoms. The van der Waals surface area contributed by atoms with Gasteiger partial charge < -0.3 is 19.7 Å². The minimum absolute atomic E-state index is 0.0483. The van der Waals surface area contributed by atoms with E-state index in [2.05, 4.69) is 26.3 Å². The van der Waals surface area contributed by atoms with E-state index in [0.717, 1.165) is 33.5 Å². The summed E-state index contributed by atoms with van der Waals surface area (Å²) < 4.78 is 13.3. The highest BCUT2D eigenvalue weighted by Crippen LogP contribution is 2.33. The zero-order valence-electron chi connectivity index (χ0n) is 19.0. The van der Waals surface area contributed by atoms with Crippen LogP contribution >= 0.6 is 27.5 Å². The number of aromatic nitrogens is 3. The average Bonchev–Trinajstić information content (AvgIpc) is 3.48. The first-order chi connectivity index (χ1) is 17.0. The second-order valence-electron chi connectivity index (χ2n) is 8.19. The lowest BCUT2D eigenvalue weighted by Crippen LogP contribution is -2.30. The molecule has 3 heterocycles. The molecule has 1 aliphatic heterocycles. The number of hydrogen-bond acceptors (Lipinski definition) is 6. The molecule has 1 aliphatic rings. The smallest absolute Gasteiger partial charge is 0.231 e. The molecule has 0 atom stereocenters. The van der Waals surface area contributed by atoms with E-state index < -0.39 is 0 Å². The Morgan fingerprint density at radius 3 is 2.89 bits per heavy atom. The predicted molar refractivity (Wildman–Crippen MR) is 138 cm³/mol. The summed E-state index contributed by atoms with van der Waals surface area (Å²) in [7, 11) is 1.82. The van der Waals surface area contributed by atoms with Gasteiger partial charge in [-0.15, -0.1) is 0 Å². The number of halogens is 2.